The van der Waals surface area contributed by atoms with E-state index >= 15 is 0 Å². The van der Waals surface area contributed by atoms with Crippen LogP contribution in [0.5, 0.6) is 0 Å². The van der Waals surface area contributed by atoms with Crippen LogP contribution >= 0.6 is 0 Å². The first-order chi connectivity index (χ1) is 35.4. The molecule has 0 fully saturated rings. The summed E-state index contributed by atoms with van der Waals surface area (Å²) in [4.78, 5) is 5.42. The summed E-state index contributed by atoms with van der Waals surface area (Å²) in [5.41, 5.74) is 17.0. The predicted octanol–water partition coefficient (Wildman–Crippen LogP) is 15.0. The standard InChI is InChI=1S/C64H34N8/c65-34-40-1-11-45(12-2-40)50-21-25-54-55-26-22-51(46-13-3-41(35-66)4-14-46)30-60(55)71(59(54)29-50)63-39-70-64(33-58(63)49-19-9-44(38-69)10-20-49)72-61-31-52(47-15-5-42(36-67)6-16-47)23-27-56(61)57-28-24-53(32-62(57)72)48-17-7-43(37-68)8-18-48/h1-33,39H. The van der Waals surface area contributed by atoms with Crippen molar-refractivity contribution >= 4 is 43.6 Å². The molecule has 3 aromatic heterocycles. The van der Waals surface area contributed by atoms with E-state index < -0.39 is 0 Å². The Balaban J connectivity index is 1.14. The van der Waals surface area contributed by atoms with Gasteiger partial charge in [0.2, 0.25) is 0 Å². The van der Waals surface area contributed by atoms with E-state index in [0.717, 1.165) is 105 Å². The topological polar surface area (TPSA) is 142 Å². The van der Waals surface area contributed by atoms with Crippen LogP contribution in [0.25, 0.3) is 111 Å². The van der Waals surface area contributed by atoms with E-state index in [1.54, 1.807) is 0 Å². The molecule has 0 aliphatic carbocycles. The highest BCUT2D eigenvalue weighted by Crippen LogP contribution is 2.42. The van der Waals surface area contributed by atoms with Crippen molar-refractivity contribution in [1.82, 2.24) is 14.1 Å². The third-order valence-corrected chi connectivity index (χ3v) is 13.6. The van der Waals surface area contributed by atoms with Gasteiger partial charge in [-0.3, -0.25) is 4.57 Å². The Hall–Kier alpha value is -10.8. The highest BCUT2D eigenvalue weighted by Gasteiger charge is 2.22. The lowest BCUT2D eigenvalue weighted by atomic mass is 10.0. The van der Waals surface area contributed by atoms with E-state index in [4.69, 9.17) is 4.98 Å². The Morgan fingerprint density at radius 3 is 0.833 bits per heavy atom. The summed E-state index contributed by atoms with van der Waals surface area (Å²) in [7, 11) is 0. The van der Waals surface area contributed by atoms with Crippen LogP contribution in [0.4, 0.5) is 0 Å². The molecular formula is C64H34N8. The van der Waals surface area contributed by atoms with Gasteiger partial charge in [-0.05, 0) is 141 Å². The first kappa shape index (κ1) is 42.5. The van der Waals surface area contributed by atoms with Crippen molar-refractivity contribution in [2.45, 2.75) is 0 Å². The molecule has 0 aliphatic heterocycles. The molecule has 9 aromatic carbocycles. The molecule has 0 aliphatic rings. The van der Waals surface area contributed by atoms with E-state index in [1.807, 2.05) is 128 Å². The highest BCUT2D eigenvalue weighted by molar-refractivity contribution is 6.13. The maximum absolute atomic E-state index is 9.94. The molecule has 8 heteroatoms. The minimum Gasteiger partial charge on any atom is -0.307 e. The van der Waals surface area contributed by atoms with Crippen molar-refractivity contribution in [3.8, 4) is 97.5 Å². The van der Waals surface area contributed by atoms with Gasteiger partial charge in [-0.2, -0.15) is 26.3 Å². The first-order valence-corrected chi connectivity index (χ1v) is 23.1. The molecule has 0 amide bonds. The second-order valence-corrected chi connectivity index (χ2v) is 17.6. The van der Waals surface area contributed by atoms with Crippen molar-refractivity contribution in [3.63, 3.8) is 0 Å². The van der Waals surface area contributed by atoms with Crippen LogP contribution in [0, 0.1) is 56.7 Å². The molecule has 0 N–H and O–H groups in total. The molecule has 0 bridgehead atoms. The third kappa shape index (κ3) is 7.25. The number of fused-ring (bicyclic) bond motifs is 6. The van der Waals surface area contributed by atoms with Crippen LogP contribution in [0.2, 0.25) is 0 Å². The number of nitrogens with zero attached hydrogens (tertiary/aromatic N) is 8. The Morgan fingerprint density at radius 2 is 0.542 bits per heavy atom. The quantitative estimate of drug-likeness (QED) is 0.156. The number of nitriles is 5. The van der Waals surface area contributed by atoms with Crippen LogP contribution < -0.4 is 0 Å². The number of hydrogen-bond donors (Lipinski definition) is 0. The van der Waals surface area contributed by atoms with Crippen molar-refractivity contribution < 1.29 is 0 Å². The zero-order valence-electron chi connectivity index (χ0n) is 38.2. The molecule has 0 spiro atoms. The van der Waals surface area contributed by atoms with Gasteiger partial charge in [0, 0.05) is 27.1 Å². The van der Waals surface area contributed by atoms with Gasteiger partial charge in [0.1, 0.15) is 5.82 Å². The largest absolute Gasteiger partial charge is 0.307 e. The summed E-state index contributed by atoms with van der Waals surface area (Å²) in [6.45, 7) is 0. The fourth-order valence-electron chi connectivity index (χ4n) is 9.90. The minimum absolute atomic E-state index is 0.540. The second kappa shape index (κ2) is 17.4. The zero-order valence-corrected chi connectivity index (χ0v) is 38.2. The molecule has 0 saturated heterocycles. The Morgan fingerprint density at radius 1 is 0.278 bits per heavy atom. The lowest BCUT2D eigenvalue weighted by molar-refractivity contribution is 1.06. The summed E-state index contributed by atoms with van der Waals surface area (Å²) in [5, 5.41) is 52.4. The summed E-state index contributed by atoms with van der Waals surface area (Å²) in [5.74, 6) is 0.671. The number of rotatable bonds is 7. The highest BCUT2D eigenvalue weighted by atomic mass is 15.1. The summed E-state index contributed by atoms with van der Waals surface area (Å²) in [6.07, 6.45) is 1.94. The average Bonchev–Trinajstić information content (AvgIpc) is 3.96. The van der Waals surface area contributed by atoms with Gasteiger partial charge in [0.25, 0.3) is 0 Å². The van der Waals surface area contributed by atoms with Gasteiger partial charge in [-0.15, -0.1) is 0 Å². The van der Waals surface area contributed by atoms with Crippen molar-refractivity contribution in [1.29, 1.82) is 26.3 Å². The van der Waals surface area contributed by atoms with E-state index in [0.29, 0.717) is 33.6 Å². The first-order valence-electron chi connectivity index (χ1n) is 23.1. The normalized spacial score (nSPS) is 11.0. The van der Waals surface area contributed by atoms with Crippen LogP contribution in [0.3, 0.4) is 0 Å². The second-order valence-electron chi connectivity index (χ2n) is 17.6. The average molecular weight is 915 g/mol. The van der Waals surface area contributed by atoms with Crippen LogP contribution in [-0.2, 0) is 0 Å². The van der Waals surface area contributed by atoms with Gasteiger partial charge in [0.15, 0.2) is 0 Å². The van der Waals surface area contributed by atoms with E-state index in [2.05, 4.69) is 118 Å². The molecule has 0 radical (unpaired) electrons. The monoisotopic (exact) mass is 914 g/mol. The van der Waals surface area contributed by atoms with Crippen molar-refractivity contribution in [3.05, 3.63) is 234 Å². The predicted molar refractivity (Wildman–Crippen MR) is 284 cm³/mol. The number of aromatic nitrogens is 3. The molecular weight excluding hydrogens is 881 g/mol. The molecule has 0 unspecified atom stereocenters. The van der Waals surface area contributed by atoms with Crippen LogP contribution in [0.1, 0.15) is 27.8 Å². The SMILES string of the molecule is N#Cc1ccc(-c2ccc3c4ccc(-c5ccc(C#N)cc5)cc4n(-c4cc(-c5ccc(C#N)cc5)c(-n5c6cc(-c7ccc(C#N)cc7)ccc6c6ccc(-c7ccc(C#N)cc7)cc65)cn4)c3c2)cc1. The van der Waals surface area contributed by atoms with Gasteiger partial charge < -0.3 is 4.57 Å². The van der Waals surface area contributed by atoms with Gasteiger partial charge >= 0.3 is 0 Å². The number of hydrogen-bond acceptors (Lipinski definition) is 6. The molecule has 72 heavy (non-hydrogen) atoms. The van der Waals surface area contributed by atoms with Crippen molar-refractivity contribution in [2.75, 3.05) is 0 Å². The zero-order chi connectivity index (χ0) is 48.9. The Labute approximate surface area is 413 Å². The maximum Gasteiger partial charge on any atom is 0.138 e. The minimum atomic E-state index is 0.540. The number of pyridine rings is 1. The molecule has 3 heterocycles. The lowest BCUT2D eigenvalue weighted by Crippen LogP contribution is -2.03. The maximum atomic E-state index is 9.94. The summed E-state index contributed by atoms with van der Waals surface area (Å²) in [6, 6.07) is 77.2. The summed E-state index contributed by atoms with van der Waals surface area (Å²) < 4.78 is 4.48. The van der Waals surface area contributed by atoms with E-state index in [9.17, 15) is 26.3 Å². The molecule has 12 rings (SSSR count). The van der Waals surface area contributed by atoms with E-state index in [-0.39, 0.29) is 0 Å². The third-order valence-electron chi connectivity index (χ3n) is 13.6. The van der Waals surface area contributed by atoms with Gasteiger partial charge in [0.05, 0.1) is 92.1 Å². The number of benzene rings is 9. The summed E-state index contributed by atoms with van der Waals surface area (Å²) >= 11 is 0. The molecule has 0 atom stereocenters. The van der Waals surface area contributed by atoms with Gasteiger partial charge in [-0.25, -0.2) is 4.98 Å². The fraction of sp³-hybridized carbons (Fsp3) is 0. The molecule has 0 saturated carbocycles. The van der Waals surface area contributed by atoms with E-state index in [1.165, 1.54) is 0 Å². The fourth-order valence-corrected chi connectivity index (χ4v) is 9.90. The smallest absolute Gasteiger partial charge is 0.138 e. The van der Waals surface area contributed by atoms with Crippen molar-refractivity contribution in [2.24, 2.45) is 0 Å². The van der Waals surface area contributed by atoms with Crippen LogP contribution in [0.15, 0.2) is 206 Å². The molecule has 8 nitrogen and oxygen atoms in total. The van der Waals surface area contributed by atoms with Gasteiger partial charge in [-0.1, -0.05) is 109 Å². The van der Waals surface area contributed by atoms with Crippen LogP contribution in [-0.4, -0.2) is 14.1 Å². The Kier molecular flexibility index (Phi) is 10.3. The molecule has 330 valence electrons. The molecule has 12 aromatic rings. The Bertz CT molecular complexity index is 4160. The lowest BCUT2D eigenvalue weighted by Gasteiger charge is -2.17.